The summed E-state index contributed by atoms with van der Waals surface area (Å²) in [5.74, 6) is -6.99. The van der Waals surface area contributed by atoms with Crippen LogP contribution in [0, 0.1) is 12.7 Å². The number of hydrogen-bond acceptors (Lipinski definition) is 24. The fourth-order valence-electron chi connectivity index (χ4n) is 11.1. The van der Waals surface area contributed by atoms with E-state index in [0.29, 0.717) is 129 Å². The molecule has 5 heterocycles. The number of hydroxylamine groups is 2. The maximum Gasteiger partial charge on any atom is 0.343 e. The molecule has 3 aliphatic heterocycles. The molecule has 0 radical (unpaired) electrons. The number of nitrogens with zero attached hydrogens (tertiary/aromatic N) is 3. The minimum absolute atomic E-state index is 0.0255. The number of carbonyl (C=O) groups excluding carboxylic acids is 10. The van der Waals surface area contributed by atoms with E-state index in [0.717, 1.165) is 5.56 Å². The van der Waals surface area contributed by atoms with Crippen LogP contribution in [-0.4, -0.2) is 224 Å². The Bertz CT molecular complexity index is 3580. The Morgan fingerprint density at radius 3 is 1.82 bits per heavy atom. The Morgan fingerprint density at radius 1 is 0.657 bits per heavy atom. The van der Waals surface area contributed by atoms with Crippen LogP contribution in [0.5, 0.6) is 0 Å². The Hall–Kier alpha value is -8.77. The highest BCUT2D eigenvalue weighted by atomic mass is 19.1. The van der Waals surface area contributed by atoms with E-state index in [1.165, 1.54) is 10.6 Å². The first-order valence-electron chi connectivity index (χ1n) is 32.6. The van der Waals surface area contributed by atoms with Gasteiger partial charge in [0.15, 0.2) is 5.60 Å². The van der Waals surface area contributed by atoms with Gasteiger partial charge in [-0.3, -0.25) is 43.2 Å². The number of aromatic nitrogens is 2. The molecule has 2 aromatic carbocycles. The average molecular weight is 1390 g/mol. The van der Waals surface area contributed by atoms with Gasteiger partial charge >= 0.3 is 11.9 Å². The van der Waals surface area contributed by atoms with Crippen molar-refractivity contribution in [3.05, 3.63) is 97.6 Å². The highest BCUT2D eigenvalue weighted by Gasteiger charge is 2.46. The number of halogens is 1. The van der Waals surface area contributed by atoms with E-state index < -0.39 is 121 Å². The van der Waals surface area contributed by atoms with E-state index >= 15 is 4.39 Å². The van der Waals surface area contributed by atoms with Crippen molar-refractivity contribution >= 4 is 70.1 Å². The Morgan fingerprint density at radius 2 is 1.21 bits per heavy atom. The van der Waals surface area contributed by atoms with Gasteiger partial charge in [0.25, 0.3) is 17.4 Å². The molecule has 0 spiro atoms. The second-order valence-corrected chi connectivity index (χ2v) is 23.1. The van der Waals surface area contributed by atoms with E-state index in [2.05, 4.69) is 31.9 Å². The summed E-state index contributed by atoms with van der Waals surface area (Å²) in [7, 11) is 0. The van der Waals surface area contributed by atoms with Crippen LogP contribution in [0.4, 0.5) is 4.39 Å². The molecule has 1 saturated heterocycles. The summed E-state index contributed by atoms with van der Waals surface area (Å²) in [4.78, 5) is 149. The molecule has 2 aromatic heterocycles. The van der Waals surface area contributed by atoms with Crippen molar-refractivity contribution in [3.8, 4) is 11.4 Å². The van der Waals surface area contributed by atoms with E-state index in [9.17, 15) is 57.8 Å². The largest absolute Gasteiger partial charge is 0.458 e. The van der Waals surface area contributed by atoms with E-state index in [1.54, 1.807) is 50.2 Å². The lowest BCUT2D eigenvalue weighted by Crippen LogP contribution is -2.52. The van der Waals surface area contributed by atoms with Gasteiger partial charge in [-0.2, -0.15) is 0 Å². The fourth-order valence-corrected chi connectivity index (χ4v) is 11.1. The molecule has 0 saturated carbocycles. The molecule has 7 N–H and O–H groups in total. The number of rotatable bonds is 44. The van der Waals surface area contributed by atoms with Gasteiger partial charge < -0.3 is 93.8 Å². The third-order valence-corrected chi connectivity index (χ3v) is 16.3. The van der Waals surface area contributed by atoms with Gasteiger partial charge in [0.2, 0.25) is 35.4 Å². The molecular formula is C66H84FN9O23. The number of ether oxygens (including phenoxy) is 10. The molecule has 1 fully saturated rings. The third-order valence-electron chi connectivity index (χ3n) is 16.3. The summed E-state index contributed by atoms with van der Waals surface area (Å²) in [5.41, 5.74) is 1.77. The standard InChI is InChI=1S/C66H84FN9O23/c1-3-66(88)46-32-51-62-44(37-75(51)64(86)45(46)38-98-65(66)87)61-48(10-9-43-41(2)47(67)33-49(74-62)60(43)61)72-56(81)39-97-40-71-54(79)35-70-63(85)50(31-42-7-5-4-6-8-42)73-55(80)36-69-53(78)34-68-52(77)13-15-89-17-19-91-21-23-93-25-27-95-29-30-96-28-26-94-24-22-92-20-18-90-16-14-59(84)99-76-57(82)11-12-58(76)83/h4-8,32-33,48,50,88H,3,9-31,34-40H2,1-2H3,(H,68,77)(H,69,78)(H,70,85)(H,71,79)(H,72,81)(H,73,80)/t48-,50+,66-/m1/s1. The first kappa shape index (κ1) is 76.0. The van der Waals surface area contributed by atoms with E-state index in [4.69, 9.17) is 57.2 Å². The van der Waals surface area contributed by atoms with Crippen LogP contribution in [0.25, 0.3) is 22.3 Å². The van der Waals surface area contributed by atoms with Gasteiger partial charge in [-0.15, -0.1) is 5.06 Å². The predicted octanol–water partition coefficient (Wildman–Crippen LogP) is -0.683. The van der Waals surface area contributed by atoms with Crippen LogP contribution in [0.3, 0.4) is 0 Å². The van der Waals surface area contributed by atoms with E-state index in [-0.39, 0.29) is 102 Å². The second kappa shape index (κ2) is 38.6. The normalized spacial score (nSPS) is 16.1. The van der Waals surface area contributed by atoms with Crippen molar-refractivity contribution < 1.29 is 110 Å². The number of aliphatic hydroxyl groups is 1. The zero-order valence-electron chi connectivity index (χ0n) is 55.3. The van der Waals surface area contributed by atoms with Crippen LogP contribution in [0.2, 0.25) is 0 Å². The summed E-state index contributed by atoms with van der Waals surface area (Å²) in [6.45, 7) is 5.22. The van der Waals surface area contributed by atoms with Crippen LogP contribution in [0.1, 0.15) is 90.4 Å². The maximum absolute atomic E-state index is 15.4. The molecule has 0 bridgehead atoms. The van der Waals surface area contributed by atoms with Crippen LogP contribution in [-0.2, 0) is 132 Å². The zero-order chi connectivity index (χ0) is 70.7. The van der Waals surface area contributed by atoms with Crippen molar-refractivity contribution in [3.63, 3.8) is 0 Å². The molecule has 4 aromatic rings. The third kappa shape index (κ3) is 21.9. The van der Waals surface area contributed by atoms with Crippen LogP contribution in [0.15, 0.2) is 47.3 Å². The molecule has 538 valence electrons. The maximum atomic E-state index is 15.4. The first-order valence-corrected chi connectivity index (χ1v) is 32.6. The lowest BCUT2D eigenvalue weighted by Gasteiger charge is -2.31. The monoisotopic (exact) mass is 1390 g/mol. The van der Waals surface area contributed by atoms with Crippen molar-refractivity contribution in [2.75, 3.05) is 139 Å². The molecule has 8 amide bonds. The van der Waals surface area contributed by atoms with Crippen molar-refractivity contribution in [2.45, 2.75) is 96.1 Å². The van der Waals surface area contributed by atoms with E-state index in [1.807, 2.05) is 0 Å². The minimum Gasteiger partial charge on any atom is -0.458 e. The van der Waals surface area contributed by atoms with Gasteiger partial charge in [-0.1, -0.05) is 37.3 Å². The summed E-state index contributed by atoms with van der Waals surface area (Å²) < 4.78 is 71.1. The molecule has 8 rings (SSSR count). The fraction of sp³-hybridized carbons (Fsp3) is 0.545. The number of aryl methyl sites for hydroxylation is 1. The summed E-state index contributed by atoms with van der Waals surface area (Å²) in [6, 6.07) is 9.79. The number of hydrogen-bond donors (Lipinski definition) is 7. The molecule has 33 heteroatoms. The number of fused-ring (bicyclic) bond motifs is 5. The summed E-state index contributed by atoms with van der Waals surface area (Å²) in [5, 5.41) is 27.9. The lowest BCUT2D eigenvalue weighted by molar-refractivity contribution is -0.198. The number of cyclic esters (lactones) is 1. The number of carbonyl (C=O) groups is 10. The number of benzene rings is 2. The number of nitrogens with one attached hydrogen (secondary N) is 6. The molecule has 0 unspecified atom stereocenters. The van der Waals surface area contributed by atoms with Gasteiger partial charge in [0.05, 0.1) is 167 Å². The molecule has 32 nitrogen and oxygen atoms in total. The second-order valence-electron chi connectivity index (χ2n) is 23.1. The Labute approximate surface area is 568 Å². The van der Waals surface area contributed by atoms with Crippen LogP contribution < -0.4 is 37.5 Å². The lowest BCUT2D eigenvalue weighted by atomic mass is 9.81. The molecule has 1 aliphatic carbocycles. The SMILES string of the molecule is CC[C@]1(O)C(=O)OCc2c1cc1n(c2=O)Cc2c-1nc1cc(F)c(C)c3c1c2[C@H](NC(=O)COCNC(=O)CNC(=O)[C@H](Cc1ccccc1)NC(=O)CNC(=O)CNC(=O)CCOCCOCCOCCOCCOCCOCCOCCOCCC(=O)ON1C(=O)CCC1=O)CC3. The quantitative estimate of drug-likeness (QED) is 0.0110. The first-order chi connectivity index (χ1) is 47.9. The average Bonchev–Trinajstić information content (AvgIpc) is 1.61. The number of esters is 1. The van der Waals surface area contributed by atoms with Gasteiger partial charge in [0.1, 0.15) is 31.8 Å². The summed E-state index contributed by atoms with van der Waals surface area (Å²) in [6.07, 6.45) is 0.619. The Balaban J connectivity index is 0.625. The molecule has 3 atom stereocenters. The number of amides is 8. The molecular weight excluding hydrogens is 1310 g/mol. The number of imide groups is 1. The van der Waals surface area contributed by atoms with Crippen molar-refractivity contribution in [1.82, 2.24) is 46.5 Å². The molecule has 4 aliphatic rings. The highest BCUT2D eigenvalue weighted by Crippen LogP contribution is 2.46. The van der Waals surface area contributed by atoms with Crippen molar-refractivity contribution in [1.29, 1.82) is 0 Å². The van der Waals surface area contributed by atoms with Gasteiger partial charge in [-0.05, 0) is 54.5 Å². The van der Waals surface area contributed by atoms with Crippen LogP contribution >= 0.6 is 0 Å². The molecule has 99 heavy (non-hydrogen) atoms. The highest BCUT2D eigenvalue weighted by molar-refractivity contribution is 6.01. The Kier molecular flexibility index (Phi) is 29.6. The summed E-state index contributed by atoms with van der Waals surface area (Å²) >= 11 is 0. The number of pyridine rings is 2. The topological polar surface area (TPSA) is 403 Å². The van der Waals surface area contributed by atoms with Gasteiger partial charge in [0, 0.05) is 48.3 Å². The van der Waals surface area contributed by atoms with Gasteiger partial charge in [-0.25, -0.2) is 19.0 Å². The smallest absolute Gasteiger partial charge is 0.343 e. The predicted molar refractivity (Wildman–Crippen MR) is 341 cm³/mol. The minimum atomic E-state index is -2.06. The van der Waals surface area contributed by atoms with Crippen molar-refractivity contribution in [2.24, 2.45) is 0 Å². The zero-order valence-corrected chi connectivity index (χ0v) is 55.3.